The number of hydrogen-bond donors (Lipinski definition) is 0. The zero-order valence-electron chi connectivity index (χ0n) is 21.9. The number of hydrogen-bond acceptors (Lipinski definition) is 4. The number of ether oxygens (including phenoxy) is 4. The average Bonchev–Trinajstić information content (AvgIpc) is 3.00. The molecule has 1 aliphatic rings. The summed E-state index contributed by atoms with van der Waals surface area (Å²) in [7, 11) is 4.87. The van der Waals surface area contributed by atoms with Gasteiger partial charge in [0.15, 0.2) is 17.1 Å². The summed E-state index contributed by atoms with van der Waals surface area (Å²) < 4.78 is 39.0. The maximum atomic E-state index is 15.4. The Kier molecular flexibility index (Phi) is 6.20. The highest BCUT2D eigenvalue weighted by molar-refractivity contribution is 6.05. The van der Waals surface area contributed by atoms with Crippen molar-refractivity contribution in [3.63, 3.8) is 0 Å². The van der Waals surface area contributed by atoms with Gasteiger partial charge >= 0.3 is 0 Å². The number of benzene rings is 5. The molecule has 0 bridgehead atoms. The quantitative estimate of drug-likeness (QED) is 0.228. The van der Waals surface area contributed by atoms with Gasteiger partial charge in [-0.25, -0.2) is 4.39 Å². The van der Waals surface area contributed by atoms with Crippen molar-refractivity contribution in [1.82, 2.24) is 0 Å². The fourth-order valence-electron chi connectivity index (χ4n) is 5.32. The van der Waals surface area contributed by atoms with E-state index in [0.29, 0.717) is 28.6 Å². The van der Waals surface area contributed by atoms with Gasteiger partial charge in [0.1, 0.15) is 17.3 Å². The summed E-state index contributed by atoms with van der Waals surface area (Å²) in [6.07, 6.45) is 3.94. The molecule has 1 atom stereocenters. The first-order valence-corrected chi connectivity index (χ1v) is 12.6. The Morgan fingerprint density at radius 1 is 0.692 bits per heavy atom. The van der Waals surface area contributed by atoms with E-state index in [9.17, 15) is 0 Å². The summed E-state index contributed by atoms with van der Waals surface area (Å²) in [6, 6.07) is 30.4. The Balaban J connectivity index is 1.64. The summed E-state index contributed by atoms with van der Waals surface area (Å²) in [6.45, 7) is 0. The van der Waals surface area contributed by atoms with Crippen LogP contribution in [0.3, 0.4) is 0 Å². The molecule has 5 aromatic rings. The van der Waals surface area contributed by atoms with Gasteiger partial charge in [-0.15, -0.1) is 0 Å². The standard InChI is InChI=1S/C34H27FO4/c1-36-24-15-13-23(14-16-24)34(29-11-7-8-12-30(29)35)18-17-25-27-20-32(37-2)33(38-3)21-28(27)26(19-31(25)39-34)22-9-5-4-6-10-22/h4-21H,1-3H3. The van der Waals surface area contributed by atoms with E-state index in [-0.39, 0.29) is 5.82 Å². The fourth-order valence-corrected chi connectivity index (χ4v) is 5.32. The van der Waals surface area contributed by atoms with Crippen LogP contribution < -0.4 is 18.9 Å². The van der Waals surface area contributed by atoms with E-state index in [1.165, 1.54) is 6.07 Å². The zero-order chi connectivity index (χ0) is 27.0. The lowest BCUT2D eigenvalue weighted by Gasteiger charge is -2.37. The van der Waals surface area contributed by atoms with Crippen LogP contribution >= 0.6 is 0 Å². The van der Waals surface area contributed by atoms with Gasteiger partial charge in [-0.1, -0.05) is 60.7 Å². The van der Waals surface area contributed by atoms with Crippen LogP contribution in [0.25, 0.3) is 28.0 Å². The van der Waals surface area contributed by atoms with E-state index in [2.05, 4.69) is 12.1 Å². The molecule has 5 heteroatoms. The van der Waals surface area contributed by atoms with Gasteiger partial charge in [0.25, 0.3) is 0 Å². The third-order valence-corrected chi connectivity index (χ3v) is 7.28. The number of halogens is 1. The van der Waals surface area contributed by atoms with Crippen LogP contribution in [-0.4, -0.2) is 21.3 Å². The molecule has 0 saturated carbocycles. The number of methoxy groups -OCH3 is 3. The molecule has 0 spiro atoms. The molecule has 1 aliphatic heterocycles. The van der Waals surface area contributed by atoms with Gasteiger partial charge in [-0.05, 0) is 70.4 Å². The predicted octanol–water partition coefficient (Wildman–Crippen LogP) is 8.02. The lowest BCUT2D eigenvalue weighted by molar-refractivity contribution is 0.156. The van der Waals surface area contributed by atoms with Crippen molar-refractivity contribution in [1.29, 1.82) is 0 Å². The zero-order valence-corrected chi connectivity index (χ0v) is 21.9. The topological polar surface area (TPSA) is 36.9 Å². The predicted molar refractivity (Wildman–Crippen MR) is 152 cm³/mol. The average molecular weight is 519 g/mol. The molecular formula is C34H27FO4. The Labute approximate surface area is 226 Å². The molecule has 5 aromatic carbocycles. The maximum absolute atomic E-state index is 15.4. The van der Waals surface area contributed by atoms with Crippen LogP contribution in [0.15, 0.2) is 103 Å². The highest BCUT2D eigenvalue weighted by Gasteiger charge is 2.40. The molecule has 194 valence electrons. The summed E-state index contributed by atoms with van der Waals surface area (Å²) in [5.74, 6) is 2.25. The second kappa shape index (κ2) is 9.84. The smallest absolute Gasteiger partial charge is 0.180 e. The third-order valence-electron chi connectivity index (χ3n) is 7.28. The molecule has 0 saturated heterocycles. The highest BCUT2D eigenvalue weighted by Crippen LogP contribution is 2.49. The van der Waals surface area contributed by atoms with Crippen molar-refractivity contribution >= 4 is 16.8 Å². The largest absolute Gasteiger partial charge is 0.497 e. The second-order valence-electron chi connectivity index (χ2n) is 9.33. The third kappa shape index (κ3) is 4.07. The van der Waals surface area contributed by atoms with Gasteiger partial charge in [0.05, 0.1) is 21.3 Å². The van der Waals surface area contributed by atoms with Gasteiger partial charge in [-0.2, -0.15) is 0 Å². The van der Waals surface area contributed by atoms with Gasteiger partial charge in [0, 0.05) is 16.7 Å². The Bertz CT molecular complexity index is 1690. The van der Waals surface area contributed by atoms with E-state index in [0.717, 1.165) is 33.0 Å². The van der Waals surface area contributed by atoms with Crippen molar-refractivity contribution in [2.24, 2.45) is 0 Å². The van der Waals surface area contributed by atoms with Crippen molar-refractivity contribution in [3.05, 3.63) is 126 Å². The molecule has 0 radical (unpaired) electrons. The first kappa shape index (κ1) is 24.6. The molecule has 0 amide bonds. The second-order valence-corrected chi connectivity index (χ2v) is 9.33. The van der Waals surface area contributed by atoms with Crippen LogP contribution in [-0.2, 0) is 5.60 Å². The molecule has 0 aliphatic carbocycles. The van der Waals surface area contributed by atoms with Gasteiger partial charge in [0.2, 0.25) is 0 Å². The van der Waals surface area contributed by atoms with Crippen molar-refractivity contribution in [3.8, 4) is 34.1 Å². The van der Waals surface area contributed by atoms with Crippen LogP contribution in [0.4, 0.5) is 4.39 Å². The van der Waals surface area contributed by atoms with Crippen LogP contribution in [0.2, 0.25) is 0 Å². The monoisotopic (exact) mass is 518 g/mol. The normalized spacial score (nSPS) is 15.9. The Hall–Kier alpha value is -4.77. The van der Waals surface area contributed by atoms with E-state index in [1.807, 2.05) is 78.9 Å². The Morgan fingerprint density at radius 2 is 1.36 bits per heavy atom. The molecule has 39 heavy (non-hydrogen) atoms. The molecule has 6 rings (SSSR count). The van der Waals surface area contributed by atoms with E-state index < -0.39 is 5.60 Å². The summed E-state index contributed by atoms with van der Waals surface area (Å²) in [5.41, 5.74) is 2.89. The summed E-state index contributed by atoms with van der Waals surface area (Å²) in [5, 5.41) is 1.94. The minimum atomic E-state index is -1.19. The van der Waals surface area contributed by atoms with Crippen LogP contribution in [0.5, 0.6) is 23.0 Å². The summed E-state index contributed by atoms with van der Waals surface area (Å²) >= 11 is 0. The van der Waals surface area contributed by atoms with Crippen molar-refractivity contribution < 1.29 is 23.3 Å². The van der Waals surface area contributed by atoms with E-state index in [1.54, 1.807) is 33.5 Å². The minimum Gasteiger partial charge on any atom is -0.497 e. The lowest BCUT2D eigenvalue weighted by Crippen LogP contribution is -2.35. The lowest BCUT2D eigenvalue weighted by atomic mass is 9.82. The molecule has 1 heterocycles. The maximum Gasteiger partial charge on any atom is 0.180 e. The van der Waals surface area contributed by atoms with Gasteiger partial charge < -0.3 is 18.9 Å². The van der Waals surface area contributed by atoms with Crippen molar-refractivity contribution in [2.75, 3.05) is 21.3 Å². The Morgan fingerprint density at radius 3 is 2.03 bits per heavy atom. The number of fused-ring (bicyclic) bond motifs is 3. The molecule has 4 nitrogen and oxygen atoms in total. The van der Waals surface area contributed by atoms with Crippen LogP contribution in [0, 0.1) is 5.82 Å². The van der Waals surface area contributed by atoms with Crippen molar-refractivity contribution in [2.45, 2.75) is 5.60 Å². The highest BCUT2D eigenvalue weighted by atomic mass is 19.1. The van der Waals surface area contributed by atoms with E-state index in [4.69, 9.17) is 18.9 Å². The SMILES string of the molecule is COc1ccc(C2(c3ccccc3F)C=Cc3c(cc(-c4ccccc4)c4cc(OC)c(OC)cc34)O2)cc1. The molecular weight excluding hydrogens is 491 g/mol. The molecule has 1 unspecified atom stereocenters. The molecule has 0 aromatic heterocycles. The molecule has 0 N–H and O–H groups in total. The number of rotatable bonds is 6. The first-order valence-electron chi connectivity index (χ1n) is 12.6. The van der Waals surface area contributed by atoms with Gasteiger partial charge in [-0.3, -0.25) is 0 Å². The molecule has 0 fully saturated rings. The summed E-state index contributed by atoms with van der Waals surface area (Å²) in [4.78, 5) is 0. The fraction of sp³-hybridized carbons (Fsp3) is 0.118. The first-order chi connectivity index (χ1) is 19.1. The minimum absolute atomic E-state index is 0.350. The van der Waals surface area contributed by atoms with E-state index >= 15 is 4.39 Å². The van der Waals surface area contributed by atoms with Crippen LogP contribution in [0.1, 0.15) is 16.7 Å².